The molecular weight excluding hydrogens is 376 g/mol. The molecule has 0 bridgehead atoms. The molecule has 2 amide bonds. The summed E-state index contributed by atoms with van der Waals surface area (Å²) < 4.78 is 6.80. The molecule has 154 valence electrons. The zero-order valence-electron chi connectivity index (χ0n) is 16.7. The predicted molar refractivity (Wildman–Crippen MR) is 105 cm³/mol. The lowest BCUT2D eigenvalue weighted by molar-refractivity contribution is -0.117. The molecular formula is C20H24N4O5. The molecule has 0 fully saturated rings. The second-order valence-electron chi connectivity index (χ2n) is 7.34. The first-order valence-corrected chi connectivity index (χ1v) is 9.36. The maximum Gasteiger partial charge on any atom is 0.407 e. The van der Waals surface area contributed by atoms with Crippen LogP contribution in [0.25, 0.3) is 5.69 Å². The molecule has 0 saturated carbocycles. The zero-order chi connectivity index (χ0) is 21.3. The maximum absolute atomic E-state index is 12.2. The highest BCUT2D eigenvalue weighted by atomic mass is 16.6. The molecule has 2 N–H and O–H groups in total. The average Bonchev–Trinajstić information content (AvgIpc) is 3.10. The Kier molecular flexibility index (Phi) is 5.58. The summed E-state index contributed by atoms with van der Waals surface area (Å²) in [6, 6.07) is 4.94. The van der Waals surface area contributed by atoms with E-state index >= 15 is 0 Å². The standard InChI is InChI=1S/C20H24N4O5/c1-11(2)29-20(28)22-16-7-12(3)24(13(4)25)18-6-5-14(8-15(16)18)23-9-17(19(26)27)21-10-23/h5-6,8-12,16H,7H2,1-4H3,(H,22,28)(H,26,27)/t12-,16+/m1/s1. The van der Waals surface area contributed by atoms with Gasteiger partial charge in [0.25, 0.3) is 0 Å². The Hall–Kier alpha value is -3.36. The molecule has 0 aliphatic carbocycles. The largest absolute Gasteiger partial charge is 0.476 e. The van der Waals surface area contributed by atoms with Gasteiger partial charge in [-0.3, -0.25) is 4.79 Å². The van der Waals surface area contributed by atoms with Gasteiger partial charge >= 0.3 is 12.1 Å². The quantitative estimate of drug-likeness (QED) is 0.816. The van der Waals surface area contributed by atoms with Crippen molar-refractivity contribution < 1.29 is 24.2 Å². The number of amides is 2. The van der Waals surface area contributed by atoms with Crippen molar-refractivity contribution in [3.63, 3.8) is 0 Å². The van der Waals surface area contributed by atoms with Crippen LogP contribution in [0.3, 0.4) is 0 Å². The molecule has 1 aromatic carbocycles. The summed E-state index contributed by atoms with van der Waals surface area (Å²) in [6.45, 7) is 6.97. The predicted octanol–water partition coefficient (Wildman–Crippen LogP) is 2.89. The number of imidazole rings is 1. The van der Waals surface area contributed by atoms with Gasteiger partial charge in [-0.05, 0) is 45.4 Å². The molecule has 0 radical (unpaired) electrons. The lowest BCUT2D eigenvalue weighted by Crippen LogP contribution is -2.45. The van der Waals surface area contributed by atoms with Crippen LogP contribution in [0.1, 0.15) is 56.2 Å². The highest BCUT2D eigenvalue weighted by Crippen LogP contribution is 2.38. The topological polar surface area (TPSA) is 114 Å². The number of alkyl carbamates (subject to hydrolysis) is 1. The van der Waals surface area contributed by atoms with E-state index in [-0.39, 0.29) is 29.8 Å². The second kappa shape index (κ2) is 7.94. The van der Waals surface area contributed by atoms with E-state index in [9.17, 15) is 14.4 Å². The van der Waals surface area contributed by atoms with Crippen molar-refractivity contribution in [2.75, 3.05) is 4.90 Å². The fraction of sp³-hybridized carbons (Fsp3) is 0.400. The molecule has 1 aliphatic heterocycles. The van der Waals surface area contributed by atoms with Crippen LogP contribution >= 0.6 is 0 Å². The smallest absolute Gasteiger partial charge is 0.407 e. The summed E-state index contributed by atoms with van der Waals surface area (Å²) in [4.78, 5) is 41.1. The number of hydrogen-bond acceptors (Lipinski definition) is 5. The van der Waals surface area contributed by atoms with Crippen LogP contribution < -0.4 is 10.2 Å². The summed E-state index contributed by atoms with van der Waals surface area (Å²) in [5, 5.41) is 12.0. The van der Waals surface area contributed by atoms with Crippen molar-refractivity contribution in [1.29, 1.82) is 0 Å². The Morgan fingerprint density at radius 2 is 2.03 bits per heavy atom. The first-order chi connectivity index (χ1) is 13.7. The number of rotatable bonds is 4. The van der Waals surface area contributed by atoms with Crippen molar-refractivity contribution in [3.8, 4) is 5.69 Å². The van der Waals surface area contributed by atoms with Crippen molar-refractivity contribution >= 4 is 23.7 Å². The van der Waals surface area contributed by atoms with Gasteiger partial charge in [0, 0.05) is 36.1 Å². The van der Waals surface area contributed by atoms with E-state index in [0.29, 0.717) is 17.8 Å². The number of carboxylic acids is 1. The van der Waals surface area contributed by atoms with Crippen LogP contribution in [-0.4, -0.2) is 44.8 Å². The molecule has 9 heteroatoms. The Labute approximate surface area is 168 Å². The summed E-state index contributed by atoms with van der Waals surface area (Å²) in [5.74, 6) is -1.21. The Morgan fingerprint density at radius 3 is 2.62 bits per heavy atom. The van der Waals surface area contributed by atoms with Gasteiger partial charge in [0.1, 0.15) is 6.33 Å². The SMILES string of the molecule is CC(=O)N1c2ccc(-n3cnc(C(=O)O)c3)cc2[C@@H](NC(=O)OC(C)C)C[C@H]1C. The minimum Gasteiger partial charge on any atom is -0.476 e. The first-order valence-electron chi connectivity index (χ1n) is 9.36. The number of nitrogens with one attached hydrogen (secondary N) is 1. The van der Waals surface area contributed by atoms with E-state index in [4.69, 9.17) is 9.84 Å². The molecule has 2 aromatic rings. The lowest BCUT2D eigenvalue weighted by atomic mass is 9.91. The molecule has 0 spiro atoms. The highest BCUT2D eigenvalue weighted by molar-refractivity contribution is 5.94. The van der Waals surface area contributed by atoms with Crippen LogP contribution in [0.15, 0.2) is 30.7 Å². The minimum atomic E-state index is -1.12. The summed E-state index contributed by atoms with van der Waals surface area (Å²) >= 11 is 0. The molecule has 0 unspecified atom stereocenters. The van der Waals surface area contributed by atoms with E-state index in [0.717, 1.165) is 5.56 Å². The number of anilines is 1. The Bertz CT molecular complexity index is 952. The average molecular weight is 400 g/mol. The molecule has 1 aliphatic rings. The number of aromatic nitrogens is 2. The van der Waals surface area contributed by atoms with E-state index in [1.54, 1.807) is 35.4 Å². The van der Waals surface area contributed by atoms with E-state index < -0.39 is 12.1 Å². The summed E-state index contributed by atoms with van der Waals surface area (Å²) in [5.41, 5.74) is 2.05. The van der Waals surface area contributed by atoms with Gasteiger partial charge in [0.15, 0.2) is 5.69 Å². The van der Waals surface area contributed by atoms with Gasteiger partial charge in [0.05, 0.1) is 12.1 Å². The number of ether oxygens (including phenoxy) is 1. The van der Waals surface area contributed by atoms with Crippen molar-refractivity contribution in [2.45, 2.75) is 52.3 Å². The van der Waals surface area contributed by atoms with Crippen LogP contribution in [-0.2, 0) is 9.53 Å². The number of fused-ring (bicyclic) bond motifs is 1. The molecule has 3 rings (SSSR count). The second-order valence-corrected chi connectivity index (χ2v) is 7.34. The van der Waals surface area contributed by atoms with E-state index in [2.05, 4.69) is 10.3 Å². The zero-order valence-corrected chi connectivity index (χ0v) is 16.7. The molecule has 9 nitrogen and oxygen atoms in total. The minimum absolute atomic E-state index is 0.0723. The summed E-state index contributed by atoms with van der Waals surface area (Å²) in [6.07, 6.45) is 2.56. The van der Waals surface area contributed by atoms with Crippen LogP contribution in [0, 0.1) is 0 Å². The highest BCUT2D eigenvalue weighted by Gasteiger charge is 2.33. The third-order valence-corrected chi connectivity index (χ3v) is 4.74. The number of carbonyl (C=O) groups is 3. The number of nitrogens with zero attached hydrogens (tertiary/aromatic N) is 3. The van der Waals surface area contributed by atoms with Crippen molar-refractivity contribution in [3.05, 3.63) is 42.0 Å². The molecule has 29 heavy (non-hydrogen) atoms. The maximum atomic E-state index is 12.2. The van der Waals surface area contributed by atoms with Crippen LogP contribution in [0.5, 0.6) is 0 Å². The normalized spacial score (nSPS) is 18.3. The van der Waals surface area contributed by atoms with E-state index in [1.807, 2.05) is 13.0 Å². The number of hydrogen-bond donors (Lipinski definition) is 2. The van der Waals surface area contributed by atoms with Crippen LogP contribution in [0.4, 0.5) is 10.5 Å². The number of carbonyl (C=O) groups excluding carboxylic acids is 2. The van der Waals surface area contributed by atoms with Gasteiger partial charge in [-0.2, -0.15) is 0 Å². The molecule has 2 atom stereocenters. The third-order valence-electron chi connectivity index (χ3n) is 4.74. The van der Waals surface area contributed by atoms with Crippen molar-refractivity contribution in [1.82, 2.24) is 14.9 Å². The fourth-order valence-corrected chi connectivity index (χ4v) is 3.59. The number of benzene rings is 1. The number of aromatic carboxylic acids is 1. The third kappa shape index (κ3) is 4.23. The first kappa shape index (κ1) is 20.4. The van der Waals surface area contributed by atoms with Gasteiger partial charge < -0.3 is 24.6 Å². The molecule has 0 saturated heterocycles. The lowest BCUT2D eigenvalue weighted by Gasteiger charge is -2.39. The van der Waals surface area contributed by atoms with Gasteiger partial charge in [-0.15, -0.1) is 0 Å². The molecule has 2 heterocycles. The van der Waals surface area contributed by atoms with Gasteiger partial charge in [-0.25, -0.2) is 14.6 Å². The van der Waals surface area contributed by atoms with E-state index in [1.165, 1.54) is 19.4 Å². The fourth-order valence-electron chi connectivity index (χ4n) is 3.59. The number of carboxylic acid groups (broad SMARTS) is 1. The van der Waals surface area contributed by atoms with Gasteiger partial charge in [-0.1, -0.05) is 0 Å². The monoisotopic (exact) mass is 400 g/mol. The Morgan fingerprint density at radius 1 is 1.31 bits per heavy atom. The molecule has 1 aromatic heterocycles. The summed E-state index contributed by atoms with van der Waals surface area (Å²) in [7, 11) is 0. The van der Waals surface area contributed by atoms with Crippen LogP contribution in [0.2, 0.25) is 0 Å². The van der Waals surface area contributed by atoms with Gasteiger partial charge in [0.2, 0.25) is 5.91 Å². The van der Waals surface area contributed by atoms with Crippen molar-refractivity contribution in [2.24, 2.45) is 0 Å². The Balaban J connectivity index is 2.02.